The second kappa shape index (κ2) is 11.2. The Bertz CT molecular complexity index is 1280. The first-order chi connectivity index (χ1) is 16.5. The largest absolute Gasteiger partial charge is 0.333 e. The molecule has 0 aliphatic rings. The van der Waals surface area contributed by atoms with E-state index in [1.807, 2.05) is 58.9 Å². The standard InChI is InChI=1S/C27H34FN3O3S/c1-19(2)15-30(26(32)22-11-8-12-24(28)13-22)17-25-14-29-27(31(25)16-20(3)4)35(33,34)18-23-10-7-6-9-21(23)5/h6-14,19-20H,15-18H2,1-5H3. The maximum Gasteiger partial charge on any atom is 0.254 e. The minimum absolute atomic E-state index is 0.00662. The molecule has 3 aromatic rings. The van der Waals surface area contributed by atoms with Gasteiger partial charge in [0.2, 0.25) is 15.0 Å². The lowest BCUT2D eigenvalue weighted by atomic mass is 10.1. The second-order valence-corrected chi connectivity index (χ2v) is 11.7. The molecule has 0 bridgehead atoms. The van der Waals surface area contributed by atoms with Gasteiger partial charge in [-0.05, 0) is 48.1 Å². The van der Waals surface area contributed by atoms with Gasteiger partial charge >= 0.3 is 0 Å². The number of hydrogen-bond acceptors (Lipinski definition) is 4. The van der Waals surface area contributed by atoms with Crippen LogP contribution in [0.1, 0.15) is 54.9 Å². The van der Waals surface area contributed by atoms with Crippen molar-refractivity contribution in [2.75, 3.05) is 6.54 Å². The molecular formula is C27H34FN3O3S. The van der Waals surface area contributed by atoms with Crippen LogP contribution in [0, 0.1) is 24.6 Å². The molecule has 0 unspecified atom stereocenters. The van der Waals surface area contributed by atoms with Gasteiger partial charge in [0.25, 0.3) is 5.91 Å². The number of rotatable bonds is 10. The number of sulfone groups is 1. The molecule has 3 rings (SSSR count). The fraction of sp³-hybridized carbons (Fsp3) is 0.407. The monoisotopic (exact) mass is 499 g/mol. The summed E-state index contributed by atoms with van der Waals surface area (Å²) in [7, 11) is -3.73. The molecule has 35 heavy (non-hydrogen) atoms. The summed E-state index contributed by atoms with van der Waals surface area (Å²) in [5.41, 5.74) is 2.53. The molecule has 0 N–H and O–H groups in total. The van der Waals surface area contributed by atoms with Crippen LogP contribution in [0.15, 0.2) is 59.9 Å². The number of halogens is 1. The van der Waals surface area contributed by atoms with Crippen LogP contribution in [-0.2, 0) is 28.7 Å². The van der Waals surface area contributed by atoms with Crippen molar-refractivity contribution in [1.29, 1.82) is 0 Å². The molecule has 6 nitrogen and oxygen atoms in total. The first-order valence-electron chi connectivity index (χ1n) is 11.8. The van der Waals surface area contributed by atoms with Crippen LogP contribution in [0.25, 0.3) is 0 Å². The van der Waals surface area contributed by atoms with Gasteiger partial charge in [0.15, 0.2) is 0 Å². The van der Waals surface area contributed by atoms with E-state index in [1.54, 1.807) is 21.7 Å². The molecule has 1 heterocycles. The van der Waals surface area contributed by atoms with Gasteiger partial charge in [-0.2, -0.15) is 0 Å². The molecule has 0 fully saturated rings. The number of amides is 1. The topological polar surface area (TPSA) is 72.3 Å². The van der Waals surface area contributed by atoms with Crippen molar-refractivity contribution in [3.8, 4) is 0 Å². The van der Waals surface area contributed by atoms with Crippen molar-refractivity contribution >= 4 is 15.7 Å². The number of carbonyl (C=O) groups is 1. The number of carbonyl (C=O) groups excluding carboxylic acids is 1. The lowest BCUT2D eigenvalue weighted by Crippen LogP contribution is -2.34. The van der Waals surface area contributed by atoms with Gasteiger partial charge in [0.1, 0.15) is 5.82 Å². The Hall–Kier alpha value is -3.00. The average molecular weight is 500 g/mol. The van der Waals surface area contributed by atoms with Crippen molar-refractivity contribution in [2.45, 2.75) is 58.6 Å². The summed E-state index contributed by atoms with van der Waals surface area (Å²) in [5, 5.41) is 0.00662. The van der Waals surface area contributed by atoms with Crippen LogP contribution in [0.3, 0.4) is 0 Å². The Morgan fingerprint density at radius 1 is 1.06 bits per heavy atom. The number of aryl methyl sites for hydroxylation is 1. The molecule has 0 atom stereocenters. The highest BCUT2D eigenvalue weighted by molar-refractivity contribution is 7.90. The van der Waals surface area contributed by atoms with E-state index in [4.69, 9.17) is 0 Å². The maximum atomic E-state index is 13.8. The molecule has 1 amide bonds. The van der Waals surface area contributed by atoms with E-state index in [0.29, 0.717) is 18.8 Å². The quantitative estimate of drug-likeness (QED) is 0.382. The Balaban J connectivity index is 1.98. The summed E-state index contributed by atoms with van der Waals surface area (Å²) in [5.74, 6) is -0.604. The Morgan fingerprint density at radius 2 is 1.77 bits per heavy atom. The highest BCUT2D eigenvalue weighted by Gasteiger charge is 2.27. The average Bonchev–Trinajstić information content (AvgIpc) is 3.16. The Labute approximate surface area is 207 Å². The van der Waals surface area contributed by atoms with Crippen LogP contribution >= 0.6 is 0 Å². The van der Waals surface area contributed by atoms with E-state index in [0.717, 1.165) is 11.1 Å². The van der Waals surface area contributed by atoms with Crippen LogP contribution in [0.4, 0.5) is 4.39 Å². The zero-order chi connectivity index (χ0) is 25.8. The number of hydrogen-bond donors (Lipinski definition) is 0. The Morgan fingerprint density at radius 3 is 2.40 bits per heavy atom. The van der Waals surface area contributed by atoms with E-state index >= 15 is 0 Å². The smallest absolute Gasteiger partial charge is 0.254 e. The molecule has 0 aliphatic heterocycles. The van der Waals surface area contributed by atoms with Gasteiger partial charge in [-0.3, -0.25) is 4.79 Å². The highest BCUT2D eigenvalue weighted by Crippen LogP contribution is 2.22. The molecule has 0 saturated heterocycles. The van der Waals surface area contributed by atoms with Gasteiger partial charge in [-0.1, -0.05) is 58.0 Å². The molecule has 0 radical (unpaired) electrons. The molecule has 8 heteroatoms. The summed E-state index contributed by atoms with van der Waals surface area (Å²) in [6, 6.07) is 13.0. The van der Waals surface area contributed by atoms with Crippen molar-refractivity contribution in [3.63, 3.8) is 0 Å². The van der Waals surface area contributed by atoms with Crippen molar-refractivity contribution in [1.82, 2.24) is 14.5 Å². The van der Waals surface area contributed by atoms with Crippen LogP contribution < -0.4 is 0 Å². The first-order valence-corrected chi connectivity index (χ1v) is 13.5. The first kappa shape index (κ1) is 26.6. The van der Waals surface area contributed by atoms with Crippen molar-refractivity contribution in [3.05, 3.63) is 82.9 Å². The normalized spacial score (nSPS) is 11.9. The molecule has 0 spiro atoms. The van der Waals surface area contributed by atoms with E-state index in [2.05, 4.69) is 4.98 Å². The molecular weight excluding hydrogens is 465 g/mol. The third-order valence-corrected chi connectivity index (χ3v) is 7.20. The van der Waals surface area contributed by atoms with Gasteiger partial charge < -0.3 is 9.47 Å². The lowest BCUT2D eigenvalue weighted by molar-refractivity contribution is 0.0717. The highest BCUT2D eigenvalue weighted by atomic mass is 32.2. The number of imidazole rings is 1. The molecule has 0 saturated carbocycles. The fourth-order valence-electron chi connectivity index (χ4n) is 4.03. The van der Waals surface area contributed by atoms with Crippen LogP contribution in [-0.4, -0.2) is 35.3 Å². The third kappa shape index (κ3) is 6.78. The third-order valence-electron chi connectivity index (χ3n) is 5.63. The molecule has 188 valence electrons. The molecule has 1 aromatic heterocycles. The molecule has 2 aromatic carbocycles. The number of benzene rings is 2. The second-order valence-electron chi connectivity index (χ2n) is 9.81. The predicted molar refractivity (Wildman–Crippen MR) is 135 cm³/mol. The zero-order valence-corrected chi connectivity index (χ0v) is 21.8. The van der Waals surface area contributed by atoms with E-state index in [-0.39, 0.29) is 40.8 Å². The SMILES string of the molecule is Cc1ccccc1CS(=O)(=O)c1ncc(CN(CC(C)C)C(=O)c2cccc(F)c2)n1CC(C)C. The van der Waals surface area contributed by atoms with Gasteiger partial charge in [0.05, 0.1) is 24.2 Å². The number of aromatic nitrogens is 2. The van der Waals surface area contributed by atoms with E-state index < -0.39 is 15.7 Å². The van der Waals surface area contributed by atoms with Gasteiger partial charge in [-0.25, -0.2) is 17.8 Å². The summed E-state index contributed by atoms with van der Waals surface area (Å²) < 4.78 is 42.3. The molecule has 0 aliphatic carbocycles. The van der Waals surface area contributed by atoms with E-state index in [9.17, 15) is 17.6 Å². The summed E-state index contributed by atoms with van der Waals surface area (Å²) >= 11 is 0. The minimum atomic E-state index is -3.73. The van der Waals surface area contributed by atoms with Gasteiger partial charge in [0, 0.05) is 18.7 Å². The fourth-order valence-corrected chi connectivity index (χ4v) is 5.63. The maximum absolute atomic E-state index is 13.8. The van der Waals surface area contributed by atoms with Crippen molar-refractivity contribution < 1.29 is 17.6 Å². The number of nitrogens with zero attached hydrogens (tertiary/aromatic N) is 3. The van der Waals surface area contributed by atoms with Crippen LogP contribution in [0.2, 0.25) is 0 Å². The Kier molecular flexibility index (Phi) is 8.48. The van der Waals surface area contributed by atoms with Gasteiger partial charge in [-0.15, -0.1) is 0 Å². The van der Waals surface area contributed by atoms with Crippen LogP contribution in [0.5, 0.6) is 0 Å². The van der Waals surface area contributed by atoms with E-state index in [1.165, 1.54) is 18.2 Å². The zero-order valence-electron chi connectivity index (χ0n) is 21.0. The summed E-state index contributed by atoms with van der Waals surface area (Å²) in [4.78, 5) is 19.2. The minimum Gasteiger partial charge on any atom is -0.333 e. The lowest BCUT2D eigenvalue weighted by Gasteiger charge is -2.26. The predicted octanol–water partition coefficient (Wildman–Crippen LogP) is 5.26. The van der Waals surface area contributed by atoms with Crippen molar-refractivity contribution in [2.24, 2.45) is 11.8 Å². The summed E-state index contributed by atoms with van der Waals surface area (Å²) in [6.45, 7) is 10.9. The summed E-state index contributed by atoms with van der Waals surface area (Å²) in [6.07, 6.45) is 1.54.